The summed E-state index contributed by atoms with van der Waals surface area (Å²) < 4.78 is 7.58. The number of fused-ring (bicyclic) bond motifs is 3. The highest BCUT2D eigenvalue weighted by Gasteiger charge is 2.39. The van der Waals surface area contributed by atoms with Crippen molar-refractivity contribution in [3.05, 3.63) is 36.3 Å². The normalized spacial score (nSPS) is 23.5. The van der Waals surface area contributed by atoms with Crippen molar-refractivity contribution in [2.45, 2.75) is 64.1 Å². The van der Waals surface area contributed by atoms with Gasteiger partial charge >= 0.3 is 6.09 Å². The van der Waals surface area contributed by atoms with Gasteiger partial charge in [0.05, 0.1) is 6.04 Å². The molecule has 2 atom stereocenters. The van der Waals surface area contributed by atoms with Crippen molar-refractivity contribution in [2.75, 3.05) is 0 Å². The second-order valence-corrected chi connectivity index (χ2v) is 7.95. The van der Waals surface area contributed by atoms with Crippen molar-refractivity contribution in [3.8, 4) is 0 Å². The summed E-state index contributed by atoms with van der Waals surface area (Å²) in [4.78, 5) is 14.6. The van der Waals surface area contributed by atoms with Crippen LogP contribution in [-0.4, -0.2) is 43.3 Å². The van der Waals surface area contributed by atoms with Gasteiger partial charge in [0.25, 0.3) is 0 Å². The third-order valence-electron chi connectivity index (χ3n) is 4.90. The lowest BCUT2D eigenvalue weighted by Crippen LogP contribution is -2.53. The van der Waals surface area contributed by atoms with E-state index < -0.39 is 5.60 Å². The molecule has 2 aliphatic rings. The minimum Gasteiger partial charge on any atom is -0.444 e. The van der Waals surface area contributed by atoms with Crippen LogP contribution in [0.3, 0.4) is 0 Å². The van der Waals surface area contributed by atoms with Gasteiger partial charge in [0.15, 0.2) is 5.65 Å². The van der Waals surface area contributed by atoms with Gasteiger partial charge in [0.2, 0.25) is 0 Å². The Kier molecular flexibility index (Phi) is 3.78. The summed E-state index contributed by atoms with van der Waals surface area (Å²) in [7, 11) is 0. The molecule has 2 aromatic rings. The molecule has 25 heavy (non-hydrogen) atoms. The number of aromatic nitrogens is 3. The van der Waals surface area contributed by atoms with Crippen LogP contribution in [0.2, 0.25) is 0 Å². The number of hydrogen-bond acceptors (Lipinski definition) is 4. The quantitative estimate of drug-likeness (QED) is 0.794. The number of nitrogens with zero attached hydrogens (tertiary/aromatic N) is 4. The van der Waals surface area contributed by atoms with Crippen LogP contribution in [-0.2, 0) is 4.74 Å². The highest BCUT2D eigenvalue weighted by Crippen LogP contribution is 2.37. The molecule has 4 rings (SSSR count). The lowest BCUT2D eigenvalue weighted by molar-refractivity contribution is 0.0000849. The van der Waals surface area contributed by atoms with Crippen molar-refractivity contribution in [1.29, 1.82) is 0 Å². The van der Waals surface area contributed by atoms with Crippen LogP contribution in [0.5, 0.6) is 0 Å². The average molecular weight is 340 g/mol. The van der Waals surface area contributed by atoms with Crippen LogP contribution in [0.4, 0.5) is 4.79 Å². The molecule has 0 spiro atoms. The smallest absolute Gasteiger partial charge is 0.411 e. The highest BCUT2D eigenvalue weighted by atomic mass is 16.6. The number of carbonyl (C=O) groups is 1. The van der Waals surface area contributed by atoms with Crippen molar-refractivity contribution in [1.82, 2.24) is 19.5 Å². The van der Waals surface area contributed by atoms with Gasteiger partial charge in [-0.15, -0.1) is 10.2 Å². The summed E-state index contributed by atoms with van der Waals surface area (Å²) in [6.07, 6.45) is 9.88. The third kappa shape index (κ3) is 3.13. The summed E-state index contributed by atoms with van der Waals surface area (Å²) in [6, 6.07) is 4.41. The van der Waals surface area contributed by atoms with E-state index in [1.807, 2.05) is 36.1 Å². The maximum atomic E-state index is 12.7. The van der Waals surface area contributed by atoms with Crippen LogP contribution in [0.15, 0.2) is 30.7 Å². The minimum atomic E-state index is -0.463. The topological polar surface area (TPSA) is 59.7 Å². The van der Waals surface area contributed by atoms with E-state index in [0.29, 0.717) is 0 Å². The van der Waals surface area contributed by atoms with Gasteiger partial charge in [-0.2, -0.15) is 0 Å². The summed E-state index contributed by atoms with van der Waals surface area (Å²) >= 11 is 0. The molecule has 0 aromatic carbocycles. The molecule has 2 aromatic heterocycles. The van der Waals surface area contributed by atoms with E-state index in [1.54, 1.807) is 6.33 Å². The zero-order chi connectivity index (χ0) is 17.6. The molecule has 0 aliphatic carbocycles. The molecule has 1 fully saturated rings. The standard InChI is InChI=1S/C19H24N4O2/c1-19(2,3)25-18(24)23-15-5-4-6-16(23)10-14(9-15)13-7-8-17-21-20-12-22(17)11-13/h7-9,11-12,15-16H,4-6,10H2,1-3H3. The number of carbonyl (C=O) groups excluding carboxylic acids is 1. The summed E-state index contributed by atoms with van der Waals surface area (Å²) in [5.41, 5.74) is 2.85. The highest BCUT2D eigenvalue weighted by molar-refractivity contribution is 5.75. The lowest BCUT2D eigenvalue weighted by Gasteiger charge is -2.45. The first-order chi connectivity index (χ1) is 11.9. The Hall–Kier alpha value is -2.37. The first-order valence-corrected chi connectivity index (χ1v) is 8.92. The molecule has 4 heterocycles. The van der Waals surface area contributed by atoms with Crippen LogP contribution in [0.25, 0.3) is 11.2 Å². The predicted molar refractivity (Wildman–Crippen MR) is 95.1 cm³/mol. The van der Waals surface area contributed by atoms with Crippen molar-refractivity contribution in [2.24, 2.45) is 0 Å². The van der Waals surface area contributed by atoms with Crippen LogP contribution in [0.1, 0.15) is 52.0 Å². The van der Waals surface area contributed by atoms with Crippen molar-refractivity contribution < 1.29 is 9.53 Å². The van der Waals surface area contributed by atoms with Crippen LogP contribution in [0, 0.1) is 0 Å². The fraction of sp³-hybridized carbons (Fsp3) is 0.526. The Morgan fingerprint density at radius 1 is 1.28 bits per heavy atom. The summed E-state index contributed by atoms with van der Waals surface area (Å²) in [5.74, 6) is 0. The van der Waals surface area contributed by atoms with Gasteiger partial charge in [0.1, 0.15) is 11.9 Å². The second kappa shape index (κ2) is 5.86. The summed E-state index contributed by atoms with van der Waals surface area (Å²) in [5, 5.41) is 7.99. The molecule has 2 unspecified atom stereocenters. The van der Waals surface area contributed by atoms with E-state index in [2.05, 4.69) is 28.5 Å². The monoisotopic (exact) mass is 340 g/mol. The molecule has 2 aliphatic heterocycles. The van der Waals surface area contributed by atoms with E-state index >= 15 is 0 Å². The molecular weight excluding hydrogens is 316 g/mol. The predicted octanol–water partition coefficient (Wildman–Crippen LogP) is 3.67. The first kappa shape index (κ1) is 16.1. The third-order valence-corrected chi connectivity index (χ3v) is 4.90. The number of ether oxygens (including phenoxy) is 1. The second-order valence-electron chi connectivity index (χ2n) is 7.95. The maximum Gasteiger partial charge on any atom is 0.411 e. The zero-order valence-corrected chi connectivity index (χ0v) is 15.0. The number of hydrogen-bond donors (Lipinski definition) is 0. The van der Waals surface area contributed by atoms with E-state index in [-0.39, 0.29) is 18.2 Å². The fourth-order valence-electron chi connectivity index (χ4n) is 3.86. The average Bonchev–Trinajstić information content (AvgIpc) is 2.99. The molecule has 6 heteroatoms. The van der Waals surface area contributed by atoms with E-state index in [1.165, 1.54) is 11.1 Å². The fourth-order valence-corrected chi connectivity index (χ4v) is 3.86. The van der Waals surface area contributed by atoms with Crippen molar-refractivity contribution in [3.63, 3.8) is 0 Å². The molecule has 1 amide bonds. The molecule has 0 saturated carbocycles. The van der Waals surface area contributed by atoms with Gasteiger partial charge < -0.3 is 4.74 Å². The molecule has 0 N–H and O–H groups in total. The van der Waals surface area contributed by atoms with E-state index in [4.69, 9.17) is 4.74 Å². The minimum absolute atomic E-state index is 0.119. The Morgan fingerprint density at radius 2 is 2.12 bits per heavy atom. The van der Waals surface area contributed by atoms with Gasteiger partial charge in [0, 0.05) is 12.2 Å². The van der Waals surface area contributed by atoms with Crippen LogP contribution < -0.4 is 0 Å². The largest absolute Gasteiger partial charge is 0.444 e. The Bertz CT molecular complexity index is 833. The summed E-state index contributed by atoms with van der Waals surface area (Å²) in [6.45, 7) is 5.75. The van der Waals surface area contributed by atoms with Gasteiger partial charge in [-0.1, -0.05) is 6.08 Å². The maximum absolute atomic E-state index is 12.7. The molecule has 2 bridgehead atoms. The van der Waals surface area contributed by atoms with E-state index in [0.717, 1.165) is 31.3 Å². The number of rotatable bonds is 1. The Morgan fingerprint density at radius 3 is 2.88 bits per heavy atom. The lowest BCUT2D eigenvalue weighted by atomic mass is 9.83. The van der Waals surface area contributed by atoms with Gasteiger partial charge in [-0.25, -0.2) is 4.79 Å². The Balaban J connectivity index is 1.63. The zero-order valence-electron chi connectivity index (χ0n) is 15.0. The SMILES string of the molecule is CC(C)(C)OC(=O)N1C2C=C(c3ccc4nncn4c3)CC1CCC2. The number of amides is 1. The Labute approximate surface area is 147 Å². The molecule has 0 radical (unpaired) electrons. The number of pyridine rings is 1. The van der Waals surface area contributed by atoms with Gasteiger partial charge in [-0.3, -0.25) is 9.30 Å². The van der Waals surface area contributed by atoms with Crippen LogP contribution >= 0.6 is 0 Å². The molecule has 1 saturated heterocycles. The van der Waals surface area contributed by atoms with Crippen molar-refractivity contribution >= 4 is 17.3 Å². The van der Waals surface area contributed by atoms with E-state index in [9.17, 15) is 4.79 Å². The van der Waals surface area contributed by atoms with Gasteiger partial charge in [-0.05, 0) is 69.7 Å². The number of piperidine rings is 1. The molecular formula is C19H24N4O2. The molecule has 132 valence electrons. The first-order valence-electron chi connectivity index (χ1n) is 8.92. The molecule has 6 nitrogen and oxygen atoms in total.